The van der Waals surface area contributed by atoms with Crippen LogP contribution in [0.4, 0.5) is 13.2 Å². The topological polar surface area (TPSA) is 241 Å². The van der Waals surface area contributed by atoms with Crippen LogP contribution in [0, 0.1) is 20.8 Å². The minimum absolute atomic E-state index is 0. The molecule has 16 nitrogen and oxygen atoms in total. The maximum absolute atomic E-state index is 12.4. The third-order valence-corrected chi connectivity index (χ3v) is 26.9. The van der Waals surface area contributed by atoms with Gasteiger partial charge in [-0.15, -0.1) is 0 Å². The second-order valence-electron chi connectivity index (χ2n) is 34.9. The first kappa shape index (κ1) is 105. The van der Waals surface area contributed by atoms with E-state index in [-0.39, 0.29) is 93.3 Å². The van der Waals surface area contributed by atoms with E-state index in [0.29, 0.717) is 28.1 Å². The van der Waals surface area contributed by atoms with E-state index in [0.717, 1.165) is 178 Å². The Balaban J connectivity index is 0.000000139. The molecule has 0 saturated carbocycles. The van der Waals surface area contributed by atoms with Crippen molar-refractivity contribution in [3.05, 3.63) is 457 Å². The summed E-state index contributed by atoms with van der Waals surface area (Å²) in [6.07, 6.45) is 3.49. The van der Waals surface area contributed by atoms with Crippen LogP contribution in [0.15, 0.2) is 407 Å². The fraction of sp³-hybridized carbons (Fsp3) is 0.105. The molecule has 0 aliphatic heterocycles. The minimum Gasteiger partial charge on any atom is -1.00 e. The van der Waals surface area contributed by atoms with Crippen molar-refractivity contribution in [2.45, 2.75) is 65.9 Å². The van der Waals surface area contributed by atoms with Crippen molar-refractivity contribution in [2.24, 2.45) is 14.1 Å². The molecule has 5 aromatic heterocycles. The van der Waals surface area contributed by atoms with Gasteiger partial charge in [0.05, 0.1) is 69.2 Å². The van der Waals surface area contributed by atoms with E-state index in [1.54, 1.807) is 37.6 Å². The highest BCUT2D eigenvalue weighted by Crippen LogP contribution is 2.42. The first-order chi connectivity index (χ1) is 69.9. The van der Waals surface area contributed by atoms with Crippen LogP contribution in [0.3, 0.4) is 0 Å². The van der Waals surface area contributed by atoms with Crippen molar-refractivity contribution >= 4 is 64.0 Å². The number of benzene rings is 16. The Kier molecular flexibility index (Phi) is 34.3. The molecule has 16 aromatic carbocycles. The van der Waals surface area contributed by atoms with E-state index in [2.05, 4.69) is 288 Å². The largest absolute Gasteiger partial charge is 1.00 e. The summed E-state index contributed by atoms with van der Waals surface area (Å²) in [5.74, 6) is 0.443. The second kappa shape index (κ2) is 47.6. The first-order valence-corrected chi connectivity index (χ1v) is 48.2. The minimum atomic E-state index is -5.70. The predicted molar refractivity (Wildman–Crippen MR) is 569 cm³/mol. The fourth-order valence-electron chi connectivity index (χ4n) is 18.1. The smallest absolute Gasteiger partial charge is 0.534 e. The zero-order chi connectivity index (χ0) is 101. The molecule has 0 atom stereocenters. The summed E-state index contributed by atoms with van der Waals surface area (Å²) in [6.45, 7) is 5.41. The van der Waals surface area contributed by atoms with Gasteiger partial charge in [0.25, 0.3) is 0 Å². The third kappa shape index (κ3) is 23.9. The number of halogens is 5. The highest BCUT2D eigenvalue weighted by molar-refractivity contribution is 7.88. The maximum Gasteiger partial charge on any atom is 0.534 e. The molecule has 0 aliphatic carbocycles. The van der Waals surface area contributed by atoms with Gasteiger partial charge in [0.1, 0.15) is 31.3 Å². The van der Waals surface area contributed by atoms with Gasteiger partial charge < -0.3 is 92.6 Å². The lowest BCUT2D eigenvalue weighted by Crippen LogP contribution is -3.00. The van der Waals surface area contributed by atoms with E-state index in [4.69, 9.17) is 9.72 Å². The molecule has 0 amide bonds. The van der Waals surface area contributed by atoms with Gasteiger partial charge in [-0.1, -0.05) is 273 Å². The highest BCUT2D eigenvalue weighted by Gasteiger charge is 2.48. The molecule has 0 radical (unpaired) electrons. The molecule has 22 heteroatoms. The number of phenolic OH excluding ortho intramolecular Hbond substituents is 1. The zero-order valence-corrected chi connectivity index (χ0v) is 85.9. The molecule has 0 fully saturated rings. The number of hydrogen-bond donors (Lipinski definition) is 7. The molecule has 0 spiro atoms. The number of pyridine rings is 5. The Morgan fingerprint density at radius 3 is 1.12 bits per heavy atom. The Morgan fingerprint density at radius 1 is 0.308 bits per heavy atom. The van der Waals surface area contributed by atoms with Gasteiger partial charge in [-0.05, 0) is 238 Å². The van der Waals surface area contributed by atoms with Gasteiger partial charge >= 0.3 is 15.6 Å². The van der Waals surface area contributed by atoms with Crippen molar-refractivity contribution in [1.82, 2.24) is 15.0 Å². The SMILES string of the molecule is COc1c(CO)c(CO)cc2cc(-c3cc(-c4ccccc4)cc(-c4ccccc4)c3)[n+](C)c(C)c12.Cc1c2cc(CO)c(CO)cc2cc(-c2cccc(-c3ccc(-c4ccccc4)cc3)c2)[n+]1C.Cc1nc(-c2cccc(-c3ccc(-c4ccccc4)cc3)c2)cc2cc(CO)c(CO)cc12.O=S(=O)(Oc1cccc(-c2cc3ccccc3cn2)c1)C(F)(F)F.Oc1cccc(-c2cc3ccccc3cn2)c1.[I-].[I-]. The van der Waals surface area contributed by atoms with Crippen molar-refractivity contribution < 1.29 is 123 Å². The quantitative estimate of drug-likeness (QED) is 0.0163. The number of aliphatic hydroxyl groups excluding tert-OH is 6. The molecular formula is C124H104F3I2N5O11S. The number of nitrogens with zero attached hydrogens (tertiary/aromatic N) is 5. The normalized spacial score (nSPS) is 11.1. The number of aryl methyl sites for hydroxylation is 3. The molecule has 0 aliphatic rings. The lowest BCUT2D eigenvalue weighted by molar-refractivity contribution is -0.665. The average molecular weight is 2180 g/mol. The number of fused-ring (bicyclic) bond motifs is 5. The number of methoxy groups -OCH3 is 1. The van der Waals surface area contributed by atoms with Crippen molar-refractivity contribution in [3.8, 4) is 140 Å². The van der Waals surface area contributed by atoms with Gasteiger partial charge in [0, 0.05) is 99.0 Å². The summed E-state index contributed by atoms with van der Waals surface area (Å²) in [5, 5.41) is 78.4. The van der Waals surface area contributed by atoms with E-state index in [1.807, 2.05) is 128 Å². The summed E-state index contributed by atoms with van der Waals surface area (Å²) in [5.41, 5.74) is 25.0. The Labute approximate surface area is 879 Å². The maximum atomic E-state index is 12.4. The Hall–Kier alpha value is -15.1. The van der Waals surface area contributed by atoms with Crippen LogP contribution in [0.25, 0.3) is 177 Å². The average Bonchev–Trinajstić information content (AvgIpc) is 0.742. The summed E-state index contributed by atoms with van der Waals surface area (Å²) >= 11 is 0. The second-order valence-corrected chi connectivity index (χ2v) is 36.5. The van der Waals surface area contributed by atoms with Crippen LogP contribution in [-0.4, -0.2) is 71.7 Å². The summed E-state index contributed by atoms with van der Waals surface area (Å²) < 4.78 is 73.6. The van der Waals surface area contributed by atoms with E-state index >= 15 is 0 Å². The number of rotatable bonds is 20. The summed E-state index contributed by atoms with van der Waals surface area (Å²) in [7, 11) is 0.0327. The van der Waals surface area contributed by atoms with Gasteiger partial charge in [-0.3, -0.25) is 15.0 Å². The molecule has 0 unspecified atom stereocenters. The molecule has 146 heavy (non-hydrogen) atoms. The highest BCUT2D eigenvalue weighted by atomic mass is 127. The van der Waals surface area contributed by atoms with Gasteiger partial charge in [0.2, 0.25) is 11.4 Å². The van der Waals surface area contributed by atoms with Crippen LogP contribution in [-0.2, 0) is 63.9 Å². The molecule has 7 N–H and O–H groups in total. The Bertz CT molecular complexity index is 8310. The zero-order valence-electron chi connectivity index (χ0n) is 80.7. The van der Waals surface area contributed by atoms with Crippen LogP contribution >= 0.6 is 0 Å². The van der Waals surface area contributed by atoms with E-state index < -0.39 is 21.4 Å². The Morgan fingerprint density at radius 2 is 0.651 bits per heavy atom. The number of aromatic hydroxyl groups is 1. The number of phenols is 1. The molecule has 21 aromatic rings. The van der Waals surface area contributed by atoms with Gasteiger partial charge in [0.15, 0.2) is 11.4 Å². The van der Waals surface area contributed by atoms with Crippen molar-refractivity contribution in [3.63, 3.8) is 0 Å². The number of ether oxygens (including phenoxy) is 1. The van der Waals surface area contributed by atoms with E-state index in [1.165, 1.54) is 45.5 Å². The molecule has 21 rings (SSSR count). The first-order valence-electron chi connectivity index (χ1n) is 46.8. The van der Waals surface area contributed by atoms with Crippen LogP contribution in [0.2, 0.25) is 0 Å². The lowest BCUT2D eigenvalue weighted by Gasteiger charge is -2.16. The van der Waals surface area contributed by atoms with Crippen LogP contribution < -0.4 is 66.0 Å². The molecule has 0 saturated heterocycles. The van der Waals surface area contributed by atoms with Crippen molar-refractivity contribution in [1.29, 1.82) is 0 Å². The van der Waals surface area contributed by atoms with Crippen LogP contribution in [0.1, 0.15) is 50.5 Å². The van der Waals surface area contributed by atoms with Gasteiger partial charge in [-0.2, -0.15) is 30.7 Å². The summed E-state index contributed by atoms with van der Waals surface area (Å²) in [6, 6.07) is 131. The van der Waals surface area contributed by atoms with Crippen molar-refractivity contribution in [2.75, 3.05) is 7.11 Å². The standard InChI is InChI=1S/C32H30NO3.C31H28NO2.C30H25NO2.C16H10F3NO3S.C15H11NO.2HI/c1-21-31-27(17-28(19-34)29(20-35)32(31)36-3)18-30(33(21)2)26-15-24(22-10-6-4-7-11-22)14-25(16-26)23-12-8-5-9-13-23;1-21-30-17-29(20-34)28(19-33)16-27(30)18-31(32(21)2)26-10-6-9-25(15-26)24-13-11-23(12-14-24)22-7-4-3-5-8-22;1-20-29-16-28(19-33)27(18-32)15-26(29)17-30(31-20)25-9-5-8-24(14-25)23-12-10-22(11-13-23)21-6-3-2-4-7-21;17-16(18,19)24(21,22)23-14-7-3-6-12(8-14)15-9-11-4-1-2-5-13(11)10-20-15;17-14-7-3-6-12(8-14)15-9-11-4-1-2-5-13(11)10-16-15;;/h4-18,34-35H,19-20H2,1-3H3;3-18,33-34H,19-20H2,1-2H3;2-17,32-33H,18-19H2,1H3;1-10H;1-10,17H;2*1H/q2*+1;;;;;/p-2. The third-order valence-electron chi connectivity index (χ3n) is 25.9. The fourth-order valence-corrected chi connectivity index (χ4v) is 18.5. The lowest BCUT2D eigenvalue weighted by atomic mass is 9.93. The number of alkyl halides is 3. The van der Waals surface area contributed by atoms with E-state index in [9.17, 15) is 57.3 Å². The number of aromatic nitrogens is 5. The molecule has 0 bridgehead atoms. The van der Waals surface area contributed by atoms with Crippen LogP contribution in [0.5, 0.6) is 17.2 Å². The molecule has 732 valence electrons. The molecular weight excluding hydrogens is 2080 g/mol. The monoisotopic (exact) mass is 2180 g/mol. The number of aliphatic hydroxyl groups is 6. The van der Waals surface area contributed by atoms with Gasteiger partial charge in [-0.25, -0.2) is 0 Å². The number of hydrogen-bond acceptors (Lipinski definition) is 14. The predicted octanol–water partition coefficient (Wildman–Crippen LogP) is 20.2. The summed E-state index contributed by atoms with van der Waals surface area (Å²) in [4.78, 5) is 13.5. The molecule has 5 heterocycles.